The zero-order valence-corrected chi connectivity index (χ0v) is 10.7. The highest BCUT2D eigenvalue weighted by molar-refractivity contribution is 5.52. The fourth-order valence-corrected chi connectivity index (χ4v) is 2.73. The third-order valence-electron chi connectivity index (χ3n) is 3.66. The van der Waals surface area contributed by atoms with E-state index in [0.717, 1.165) is 0 Å². The smallest absolute Gasteiger partial charge is 0.434 e. The van der Waals surface area contributed by atoms with E-state index in [0.29, 0.717) is 24.0 Å². The minimum atomic E-state index is -5.73. The summed E-state index contributed by atoms with van der Waals surface area (Å²) in [4.78, 5) is 0. The van der Waals surface area contributed by atoms with Crippen LogP contribution >= 0.6 is 0 Å². The summed E-state index contributed by atoms with van der Waals surface area (Å²) in [6.45, 7) is 1.95. The molecule has 0 saturated heterocycles. The number of alkyl halides is 6. The molecule has 0 atom stereocenters. The average molecular weight is 312 g/mol. The summed E-state index contributed by atoms with van der Waals surface area (Å²) in [6.07, 6.45) is -10.3. The maximum Gasteiger partial charge on any atom is 0.478 e. The van der Waals surface area contributed by atoms with Gasteiger partial charge in [-0.1, -0.05) is 6.92 Å². The highest BCUT2D eigenvalue weighted by atomic mass is 19.4. The molecule has 0 amide bonds. The first kappa shape index (κ1) is 14.3. The van der Waals surface area contributed by atoms with E-state index in [9.17, 15) is 26.3 Å². The molecule has 1 aliphatic heterocycles. The molecule has 1 heterocycles. The lowest BCUT2D eigenvalue weighted by molar-refractivity contribution is -0.412. The van der Waals surface area contributed by atoms with Gasteiger partial charge in [-0.3, -0.25) is 0 Å². The summed E-state index contributed by atoms with van der Waals surface area (Å²) >= 11 is 0. The molecule has 0 aromatic heterocycles. The van der Waals surface area contributed by atoms with E-state index < -0.39 is 29.6 Å². The molecule has 3 rings (SSSR count). The van der Waals surface area contributed by atoms with Gasteiger partial charge in [0.25, 0.3) is 0 Å². The Morgan fingerprint density at radius 3 is 1.62 bits per heavy atom. The molecule has 0 radical (unpaired) electrons. The van der Waals surface area contributed by atoms with Gasteiger partial charge in [0, 0.05) is 0 Å². The number of halogens is 6. The minimum absolute atomic E-state index is 0.289. The highest BCUT2D eigenvalue weighted by Gasteiger charge is 2.79. The lowest BCUT2D eigenvalue weighted by Crippen LogP contribution is -2.63. The largest absolute Gasteiger partial charge is 0.478 e. The van der Waals surface area contributed by atoms with Crippen molar-refractivity contribution in [3.05, 3.63) is 23.3 Å². The van der Waals surface area contributed by atoms with Gasteiger partial charge in [0.1, 0.15) is 0 Å². The maximum atomic E-state index is 12.9. The average Bonchev–Trinajstić information content (AvgIpc) is 2.82. The number of hydrogen-bond acceptors (Lipinski definition) is 2. The van der Waals surface area contributed by atoms with Crippen LogP contribution in [0.25, 0.3) is 0 Å². The van der Waals surface area contributed by atoms with E-state index in [1.165, 1.54) is 12.1 Å². The standard InChI is InChI=1S/C13H10F6O2/c1-6-2-7-4-9-10(5-8(7)3-6)21-11(20-9,12(14,15)16)13(17,18)19/h4-6H,2-3H2,1H3. The van der Waals surface area contributed by atoms with E-state index >= 15 is 0 Å². The van der Waals surface area contributed by atoms with Crippen LogP contribution in [-0.4, -0.2) is 18.1 Å². The fraction of sp³-hybridized carbons (Fsp3) is 0.538. The molecule has 0 unspecified atom stereocenters. The van der Waals surface area contributed by atoms with Crippen LogP contribution in [0.3, 0.4) is 0 Å². The quantitative estimate of drug-likeness (QED) is 0.674. The molecule has 0 spiro atoms. The maximum absolute atomic E-state index is 12.9. The molecule has 1 aromatic carbocycles. The SMILES string of the molecule is CC1Cc2cc3c(cc2C1)OC(C(F)(F)F)(C(F)(F)F)O3. The van der Waals surface area contributed by atoms with Crippen LogP contribution < -0.4 is 9.47 Å². The summed E-state index contributed by atoms with van der Waals surface area (Å²) in [5, 5.41) is 0. The van der Waals surface area contributed by atoms with E-state index in [-0.39, 0.29) is 5.92 Å². The molecule has 21 heavy (non-hydrogen) atoms. The van der Waals surface area contributed by atoms with Crippen molar-refractivity contribution in [3.63, 3.8) is 0 Å². The van der Waals surface area contributed by atoms with Crippen LogP contribution in [0.15, 0.2) is 12.1 Å². The van der Waals surface area contributed by atoms with Crippen LogP contribution in [0.2, 0.25) is 0 Å². The van der Waals surface area contributed by atoms with Crippen molar-refractivity contribution in [2.75, 3.05) is 0 Å². The fourth-order valence-electron chi connectivity index (χ4n) is 2.73. The first-order valence-corrected chi connectivity index (χ1v) is 6.21. The van der Waals surface area contributed by atoms with Gasteiger partial charge in [0.15, 0.2) is 11.5 Å². The van der Waals surface area contributed by atoms with Crippen molar-refractivity contribution in [1.29, 1.82) is 0 Å². The number of ether oxygens (including phenoxy) is 2. The van der Waals surface area contributed by atoms with Gasteiger partial charge >= 0.3 is 18.1 Å². The Morgan fingerprint density at radius 1 is 0.905 bits per heavy atom. The van der Waals surface area contributed by atoms with Crippen molar-refractivity contribution in [3.8, 4) is 11.5 Å². The second-order valence-corrected chi connectivity index (χ2v) is 5.40. The Balaban J connectivity index is 2.05. The van der Waals surface area contributed by atoms with Gasteiger partial charge in [0.2, 0.25) is 0 Å². The van der Waals surface area contributed by atoms with Crippen LogP contribution in [0.5, 0.6) is 11.5 Å². The summed E-state index contributed by atoms with van der Waals surface area (Å²) in [5.41, 5.74) is 1.40. The lowest BCUT2D eigenvalue weighted by atomic mass is 10.1. The topological polar surface area (TPSA) is 18.5 Å². The number of benzene rings is 1. The lowest BCUT2D eigenvalue weighted by Gasteiger charge is -2.30. The molecule has 2 aliphatic rings. The molecule has 1 aliphatic carbocycles. The molecular weight excluding hydrogens is 302 g/mol. The summed E-state index contributed by atoms with van der Waals surface area (Å²) < 4.78 is 85.6. The molecule has 2 nitrogen and oxygen atoms in total. The summed E-state index contributed by atoms with van der Waals surface area (Å²) in [5.74, 6) is -5.37. The van der Waals surface area contributed by atoms with Crippen molar-refractivity contribution >= 4 is 0 Å². The molecule has 1 aromatic rings. The van der Waals surface area contributed by atoms with E-state index in [2.05, 4.69) is 9.47 Å². The minimum Gasteiger partial charge on any atom is -0.434 e. The van der Waals surface area contributed by atoms with Crippen LogP contribution in [-0.2, 0) is 12.8 Å². The predicted octanol–water partition coefficient (Wildman–Crippen LogP) is 4.01. The number of hydrogen-bond donors (Lipinski definition) is 0. The molecule has 116 valence electrons. The second-order valence-electron chi connectivity index (χ2n) is 5.40. The summed E-state index contributed by atoms with van der Waals surface area (Å²) in [6, 6.07) is 2.43. The van der Waals surface area contributed by atoms with Crippen LogP contribution in [0, 0.1) is 5.92 Å². The highest BCUT2D eigenvalue weighted by Crippen LogP contribution is 2.54. The van der Waals surface area contributed by atoms with Crippen LogP contribution in [0.4, 0.5) is 26.3 Å². The van der Waals surface area contributed by atoms with Gasteiger partial charge in [-0.15, -0.1) is 0 Å². The second kappa shape index (κ2) is 3.98. The van der Waals surface area contributed by atoms with E-state index in [1.54, 1.807) is 0 Å². The number of rotatable bonds is 0. The Kier molecular flexibility index (Phi) is 2.72. The Hall–Kier alpha value is -1.60. The van der Waals surface area contributed by atoms with Gasteiger partial charge in [-0.25, -0.2) is 0 Å². The van der Waals surface area contributed by atoms with Crippen molar-refractivity contribution in [1.82, 2.24) is 0 Å². The van der Waals surface area contributed by atoms with Crippen molar-refractivity contribution in [2.45, 2.75) is 37.9 Å². The Bertz CT molecular complexity index is 539. The first-order valence-electron chi connectivity index (χ1n) is 6.21. The van der Waals surface area contributed by atoms with Gasteiger partial charge < -0.3 is 9.47 Å². The van der Waals surface area contributed by atoms with Crippen LogP contribution in [0.1, 0.15) is 18.1 Å². The molecule has 0 N–H and O–H groups in total. The first-order chi connectivity index (χ1) is 9.53. The number of fused-ring (bicyclic) bond motifs is 2. The van der Waals surface area contributed by atoms with E-state index in [4.69, 9.17) is 0 Å². The normalized spacial score (nSPS) is 20.7. The molecule has 0 bridgehead atoms. The Labute approximate surface area is 115 Å². The Morgan fingerprint density at radius 2 is 1.29 bits per heavy atom. The van der Waals surface area contributed by atoms with Gasteiger partial charge in [-0.2, -0.15) is 26.3 Å². The zero-order valence-electron chi connectivity index (χ0n) is 10.7. The molecular formula is C13H10F6O2. The van der Waals surface area contributed by atoms with Gasteiger partial charge in [0.05, 0.1) is 0 Å². The van der Waals surface area contributed by atoms with E-state index in [1.807, 2.05) is 6.92 Å². The van der Waals surface area contributed by atoms with Crippen molar-refractivity contribution in [2.24, 2.45) is 5.92 Å². The third-order valence-corrected chi connectivity index (χ3v) is 3.66. The predicted molar refractivity (Wildman–Crippen MR) is 59.1 cm³/mol. The molecule has 0 saturated carbocycles. The monoisotopic (exact) mass is 312 g/mol. The summed E-state index contributed by atoms with van der Waals surface area (Å²) in [7, 11) is 0. The van der Waals surface area contributed by atoms with Gasteiger partial charge in [-0.05, 0) is 42.0 Å². The third kappa shape index (κ3) is 1.95. The van der Waals surface area contributed by atoms with Crippen molar-refractivity contribution < 1.29 is 35.8 Å². The molecule has 0 fully saturated rings. The molecule has 8 heteroatoms. The zero-order chi connectivity index (χ0) is 15.6.